The van der Waals surface area contributed by atoms with E-state index in [1.807, 2.05) is 74.5 Å². The summed E-state index contributed by atoms with van der Waals surface area (Å²) in [6, 6.07) is 26.7. The van der Waals surface area contributed by atoms with Gasteiger partial charge in [0, 0.05) is 49.3 Å². The molecular weight excluding hydrogens is 632 g/mol. The predicted molar refractivity (Wildman–Crippen MR) is 197 cm³/mol. The summed E-state index contributed by atoms with van der Waals surface area (Å²) in [4.78, 5) is 44.2. The van der Waals surface area contributed by atoms with Gasteiger partial charge in [0.25, 0.3) is 11.8 Å². The van der Waals surface area contributed by atoms with Crippen molar-refractivity contribution in [3.8, 4) is 5.75 Å². The second-order valence-corrected chi connectivity index (χ2v) is 13.2. The minimum absolute atomic E-state index is 0.109. The standard InChI is InChI=1S/C40H48N4O6/c1-27-24-44(28(2)26-45)39(47)34-23-32(41-40(48)42-35-19-12-17-30-14-8-9-18-33(30)35)20-21-36(34)50-29(3)13-10-11-22-49-37(27)25-43(4)38(46)31-15-6-5-7-16-31/h5-9,12,14-21,23,27-29,37,45H,10-11,13,22,24-26H2,1-4H3,(H2,41,42,48)/t27-,28-,29+,37-/m0/s1. The van der Waals surface area contributed by atoms with Gasteiger partial charge in [0.05, 0.1) is 36.1 Å². The van der Waals surface area contributed by atoms with E-state index in [1.54, 1.807) is 54.1 Å². The number of hydrogen-bond acceptors (Lipinski definition) is 6. The maximum Gasteiger partial charge on any atom is 0.323 e. The molecule has 3 N–H and O–H groups in total. The number of aliphatic hydroxyl groups excluding tert-OH is 1. The Balaban J connectivity index is 1.40. The summed E-state index contributed by atoms with van der Waals surface area (Å²) in [5.74, 6) is -0.244. The van der Waals surface area contributed by atoms with Crippen LogP contribution in [0, 0.1) is 5.92 Å². The molecule has 0 aromatic heterocycles. The Bertz CT molecular complexity index is 1760. The Morgan fingerprint density at radius 3 is 2.48 bits per heavy atom. The number of anilines is 2. The van der Waals surface area contributed by atoms with Crippen LogP contribution in [0.3, 0.4) is 0 Å². The van der Waals surface area contributed by atoms with Gasteiger partial charge in [-0.05, 0) is 74.9 Å². The fourth-order valence-corrected chi connectivity index (χ4v) is 6.24. The van der Waals surface area contributed by atoms with Crippen molar-refractivity contribution in [2.75, 3.05) is 44.0 Å². The van der Waals surface area contributed by atoms with Crippen LogP contribution in [0.5, 0.6) is 5.75 Å². The molecule has 50 heavy (non-hydrogen) atoms. The minimum atomic E-state index is -0.529. The number of nitrogens with one attached hydrogen (secondary N) is 2. The molecular formula is C40H48N4O6. The molecule has 4 aromatic rings. The molecule has 4 amide bonds. The van der Waals surface area contributed by atoms with Crippen LogP contribution in [0.4, 0.5) is 16.2 Å². The average molecular weight is 681 g/mol. The van der Waals surface area contributed by atoms with Crippen molar-refractivity contribution in [3.63, 3.8) is 0 Å². The number of carbonyl (C=O) groups excluding carboxylic acids is 3. The molecule has 0 unspecified atom stereocenters. The molecule has 1 heterocycles. The first-order valence-corrected chi connectivity index (χ1v) is 17.3. The molecule has 0 radical (unpaired) electrons. The van der Waals surface area contributed by atoms with Crippen LogP contribution in [-0.4, -0.2) is 84.4 Å². The minimum Gasteiger partial charge on any atom is -0.490 e. The summed E-state index contributed by atoms with van der Waals surface area (Å²) >= 11 is 0. The number of likely N-dealkylation sites (N-methyl/N-ethyl adjacent to an activating group) is 1. The van der Waals surface area contributed by atoms with E-state index in [0.29, 0.717) is 35.8 Å². The van der Waals surface area contributed by atoms with Crippen LogP contribution in [0.1, 0.15) is 60.7 Å². The summed E-state index contributed by atoms with van der Waals surface area (Å²) in [5, 5.41) is 18.0. The quantitative estimate of drug-likeness (QED) is 0.192. The molecule has 0 bridgehead atoms. The van der Waals surface area contributed by atoms with E-state index in [1.165, 1.54) is 0 Å². The first-order valence-electron chi connectivity index (χ1n) is 17.3. The summed E-state index contributed by atoms with van der Waals surface area (Å²) in [7, 11) is 1.76. The number of hydrogen-bond donors (Lipinski definition) is 3. The molecule has 0 saturated carbocycles. The topological polar surface area (TPSA) is 120 Å². The fourth-order valence-electron chi connectivity index (χ4n) is 6.24. The summed E-state index contributed by atoms with van der Waals surface area (Å²) in [6.45, 7) is 6.59. The van der Waals surface area contributed by atoms with E-state index in [9.17, 15) is 19.5 Å². The molecule has 264 valence electrons. The molecule has 10 heteroatoms. The Kier molecular flexibility index (Phi) is 12.5. The van der Waals surface area contributed by atoms with Gasteiger partial charge in [0.15, 0.2) is 0 Å². The highest BCUT2D eigenvalue weighted by atomic mass is 16.5. The van der Waals surface area contributed by atoms with Crippen molar-refractivity contribution in [2.24, 2.45) is 5.92 Å². The number of carbonyl (C=O) groups is 3. The molecule has 0 spiro atoms. The largest absolute Gasteiger partial charge is 0.490 e. The van der Waals surface area contributed by atoms with Crippen molar-refractivity contribution in [1.29, 1.82) is 0 Å². The first-order chi connectivity index (χ1) is 24.1. The number of aliphatic hydroxyl groups is 1. The third-order valence-electron chi connectivity index (χ3n) is 9.17. The van der Waals surface area contributed by atoms with Crippen LogP contribution < -0.4 is 15.4 Å². The molecule has 1 aliphatic rings. The molecule has 1 aliphatic heterocycles. The van der Waals surface area contributed by atoms with Gasteiger partial charge in [-0.2, -0.15) is 0 Å². The average Bonchev–Trinajstić information content (AvgIpc) is 3.12. The number of fused-ring (bicyclic) bond motifs is 2. The highest BCUT2D eigenvalue weighted by molar-refractivity contribution is 6.07. The van der Waals surface area contributed by atoms with Gasteiger partial charge in [0.1, 0.15) is 5.75 Å². The smallest absolute Gasteiger partial charge is 0.323 e. The van der Waals surface area contributed by atoms with E-state index < -0.39 is 12.1 Å². The molecule has 4 aromatic carbocycles. The highest BCUT2D eigenvalue weighted by Gasteiger charge is 2.31. The zero-order chi connectivity index (χ0) is 35.6. The predicted octanol–water partition coefficient (Wildman–Crippen LogP) is 7.05. The lowest BCUT2D eigenvalue weighted by atomic mass is 10.0. The van der Waals surface area contributed by atoms with Crippen molar-refractivity contribution < 1.29 is 29.0 Å². The SMILES string of the molecule is C[C@@H]1CCCCO[C@@H](CN(C)C(=O)c2ccccc2)[C@@H](C)CN([C@@H](C)CO)C(=O)c2cc(NC(=O)Nc3cccc4ccccc34)ccc2O1. The molecule has 5 rings (SSSR count). The lowest BCUT2D eigenvalue weighted by Gasteiger charge is -2.36. The first kappa shape index (κ1) is 36.4. The van der Waals surface area contributed by atoms with Crippen LogP contribution in [0.2, 0.25) is 0 Å². The number of benzene rings is 4. The van der Waals surface area contributed by atoms with E-state index in [2.05, 4.69) is 10.6 Å². The van der Waals surface area contributed by atoms with Gasteiger partial charge in [-0.3, -0.25) is 9.59 Å². The van der Waals surface area contributed by atoms with Gasteiger partial charge in [-0.15, -0.1) is 0 Å². The van der Waals surface area contributed by atoms with Crippen molar-refractivity contribution in [1.82, 2.24) is 9.80 Å². The normalized spacial score (nSPS) is 19.4. The Morgan fingerprint density at radius 2 is 1.70 bits per heavy atom. The van der Waals surface area contributed by atoms with Crippen LogP contribution in [0.15, 0.2) is 91.0 Å². The zero-order valence-electron chi connectivity index (χ0n) is 29.3. The number of ether oxygens (including phenoxy) is 2. The van der Waals surface area contributed by atoms with Gasteiger partial charge < -0.3 is 35.0 Å². The maximum atomic E-state index is 14.5. The third kappa shape index (κ3) is 9.19. The molecule has 0 saturated heterocycles. The van der Waals surface area contributed by atoms with E-state index in [-0.39, 0.29) is 48.7 Å². The molecule has 0 fully saturated rings. The number of amides is 4. The number of urea groups is 1. The molecule has 4 atom stereocenters. The van der Waals surface area contributed by atoms with Crippen molar-refractivity contribution >= 4 is 40.0 Å². The van der Waals surface area contributed by atoms with Gasteiger partial charge in [-0.1, -0.05) is 61.5 Å². The third-order valence-corrected chi connectivity index (χ3v) is 9.17. The van der Waals surface area contributed by atoms with Crippen LogP contribution >= 0.6 is 0 Å². The van der Waals surface area contributed by atoms with Crippen LogP contribution in [-0.2, 0) is 4.74 Å². The summed E-state index contributed by atoms with van der Waals surface area (Å²) in [6.07, 6.45) is 1.85. The summed E-state index contributed by atoms with van der Waals surface area (Å²) < 4.78 is 12.7. The Labute approximate surface area is 294 Å². The highest BCUT2D eigenvalue weighted by Crippen LogP contribution is 2.29. The van der Waals surface area contributed by atoms with Crippen molar-refractivity contribution in [2.45, 2.75) is 58.3 Å². The monoisotopic (exact) mass is 680 g/mol. The zero-order valence-corrected chi connectivity index (χ0v) is 29.3. The second-order valence-electron chi connectivity index (χ2n) is 13.2. The number of nitrogens with zero attached hydrogens (tertiary/aromatic N) is 2. The van der Waals surface area contributed by atoms with E-state index in [4.69, 9.17) is 9.47 Å². The number of rotatable bonds is 7. The maximum absolute atomic E-state index is 14.5. The second kappa shape index (κ2) is 17.1. The van der Waals surface area contributed by atoms with Gasteiger partial charge in [-0.25, -0.2) is 4.79 Å². The lowest BCUT2D eigenvalue weighted by Crippen LogP contribution is -2.48. The Hall–Kier alpha value is -4.93. The summed E-state index contributed by atoms with van der Waals surface area (Å²) in [5.41, 5.74) is 1.95. The van der Waals surface area contributed by atoms with E-state index >= 15 is 0 Å². The van der Waals surface area contributed by atoms with Gasteiger partial charge in [0.2, 0.25) is 0 Å². The van der Waals surface area contributed by atoms with E-state index in [0.717, 1.165) is 30.0 Å². The Morgan fingerprint density at radius 1 is 0.960 bits per heavy atom. The fraction of sp³-hybridized carbons (Fsp3) is 0.375. The molecule has 10 nitrogen and oxygen atoms in total. The van der Waals surface area contributed by atoms with Crippen LogP contribution in [0.25, 0.3) is 10.8 Å². The lowest BCUT2D eigenvalue weighted by molar-refractivity contribution is -0.0149. The molecule has 0 aliphatic carbocycles. The van der Waals surface area contributed by atoms with Crippen molar-refractivity contribution in [3.05, 3.63) is 102 Å². The van der Waals surface area contributed by atoms with Gasteiger partial charge >= 0.3 is 6.03 Å².